The fourth-order valence-corrected chi connectivity index (χ4v) is 4.76. The van der Waals surface area contributed by atoms with Gasteiger partial charge in [0.25, 0.3) is 0 Å². The SMILES string of the molecule is COC(=O)[C@@H]1[C@@H]2[C@H](CN1C(=O)[C@@H](CC(=O)CC(C)(C)C)C(C)(C)C)C2(C)C. The number of amides is 1. The third kappa shape index (κ3) is 4.38. The number of likely N-dealkylation sites (tertiary alicyclic amines) is 1. The van der Waals surface area contributed by atoms with Crippen LogP contribution in [0.3, 0.4) is 0 Å². The van der Waals surface area contributed by atoms with Crippen molar-refractivity contribution in [3.63, 3.8) is 0 Å². The number of Topliss-reactive ketones (excluding diaryl/α,β-unsaturated/α-hetero) is 1. The van der Waals surface area contributed by atoms with Crippen molar-refractivity contribution in [1.29, 1.82) is 0 Å². The number of ketones is 1. The van der Waals surface area contributed by atoms with Gasteiger partial charge in [0.05, 0.1) is 7.11 Å². The van der Waals surface area contributed by atoms with Crippen LogP contribution in [0.15, 0.2) is 0 Å². The Bertz CT molecular complexity index is 623. The summed E-state index contributed by atoms with van der Waals surface area (Å²) in [7, 11) is 1.38. The van der Waals surface area contributed by atoms with Gasteiger partial charge in [0.1, 0.15) is 11.8 Å². The van der Waals surface area contributed by atoms with Gasteiger partial charge in [-0.15, -0.1) is 0 Å². The van der Waals surface area contributed by atoms with Crippen LogP contribution >= 0.6 is 0 Å². The Balaban J connectivity index is 2.23. The molecule has 0 bridgehead atoms. The average molecular weight is 380 g/mol. The fraction of sp³-hybridized carbons (Fsp3) is 0.864. The second-order valence-corrected chi connectivity index (χ2v) is 11.3. The van der Waals surface area contributed by atoms with Gasteiger partial charge in [-0.3, -0.25) is 9.59 Å². The number of hydrogen-bond acceptors (Lipinski definition) is 4. The van der Waals surface area contributed by atoms with Crippen molar-refractivity contribution in [3.8, 4) is 0 Å². The minimum absolute atomic E-state index is 0.0644. The molecule has 0 N–H and O–H groups in total. The summed E-state index contributed by atoms with van der Waals surface area (Å²) in [5, 5.41) is 0. The molecule has 1 heterocycles. The van der Waals surface area contributed by atoms with E-state index in [9.17, 15) is 14.4 Å². The molecule has 1 aliphatic heterocycles. The normalized spacial score (nSPS) is 27.7. The van der Waals surface area contributed by atoms with Crippen LogP contribution in [-0.2, 0) is 19.1 Å². The van der Waals surface area contributed by atoms with E-state index < -0.39 is 12.0 Å². The van der Waals surface area contributed by atoms with Crippen molar-refractivity contribution >= 4 is 17.7 Å². The van der Waals surface area contributed by atoms with E-state index in [0.717, 1.165) is 0 Å². The molecule has 5 nitrogen and oxygen atoms in total. The minimum Gasteiger partial charge on any atom is -0.467 e. The van der Waals surface area contributed by atoms with E-state index in [1.54, 1.807) is 4.90 Å². The molecule has 4 atom stereocenters. The molecule has 5 heteroatoms. The van der Waals surface area contributed by atoms with Gasteiger partial charge >= 0.3 is 5.97 Å². The molecule has 2 rings (SSSR count). The first-order valence-electron chi connectivity index (χ1n) is 10.0. The summed E-state index contributed by atoms with van der Waals surface area (Å²) in [5.41, 5.74) is -0.390. The van der Waals surface area contributed by atoms with E-state index in [-0.39, 0.29) is 46.2 Å². The summed E-state index contributed by atoms with van der Waals surface area (Å²) < 4.78 is 5.02. The summed E-state index contributed by atoms with van der Waals surface area (Å²) in [6.07, 6.45) is 0.675. The Hall–Kier alpha value is -1.39. The second-order valence-electron chi connectivity index (χ2n) is 11.3. The topological polar surface area (TPSA) is 63.7 Å². The molecule has 1 amide bonds. The molecule has 0 unspecified atom stereocenters. The molecule has 0 radical (unpaired) electrons. The first-order chi connectivity index (χ1) is 12.1. The van der Waals surface area contributed by atoms with E-state index in [4.69, 9.17) is 4.74 Å². The highest BCUT2D eigenvalue weighted by atomic mass is 16.5. The van der Waals surface area contributed by atoms with Crippen LogP contribution in [0.2, 0.25) is 0 Å². The van der Waals surface area contributed by atoms with E-state index in [2.05, 4.69) is 13.8 Å². The van der Waals surface area contributed by atoms with Gasteiger partial charge in [0.15, 0.2) is 0 Å². The minimum atomic E-state index is -0.523. The zero-order valence-corrected chi connectivity index (χ0v) is 18.5. The van der Waals surface area contributed by atoms with Crippen molar-refractivity contribution in [2.75, 3.05) is 13.7 Å². The molecule has 0 aromatic carbocycles. The van der Waals surface area contributed by atoms with E-state index in [1.807, 2.05) is 41.5 Å². The Morgan fingerprint density at radius 2 is 1.67 bits per heavy atom. The standard InChI is InChI=1S/C22H37NO4/c1-20(2,3)11-13(24)10-14(21(4,5)6)18(25)23-12-15-16(22(15,7)8)17(23)19(26)27-9/h14-17H,10-12H2,1-9H3/t14-,15+,16+,17+/m1/s1. The number of hydrogen-bond donors (Lipinski definition) is 0. The van der Waals surface area contributed by atoms with E-state index >= 15 is 0 Å². The van der Waals surface area contributed by atoms with Crippen LogP contribution < -0.4 is 0 Å². The largest absolute Gasteiger partial charge is 0.467 e. The number of fused-ring (bicyclic) bond motifs is 1. The van der Waals surface area contributed by atoms with Crippen molar-refractivity contribution in [2.24, 2.45) is 34.0 Å². The first kappa shape index (κ1) is 21.9. The molecule has 1 aliphatic carbocycles. The predicted molar refractivity (Wildman–Crippen MR) is 105 cm³/mol. The van der Waals surface area contributed by atoms with Crippen LogP contribution in [0, 0.1) is 34.0 Å². The van der Waals surface area contributed by atoms with Crippen LogP contribution in [0.1, 0.15) is 68.2 Å². The maximum atomic E-state index is 13.5. The molecule has 2 aliphatic rings. The maximum Gasteiger partial charge on any atom is 0.328 e. The smallest absolute Gasteiger partial charge is 0.328 e. The summed E-state index contributed by atoms with van der Waals surface area (Å²) in [6.45, 7) is 16.9. The monoisotopic (exact) mass is 379 g/mol. The van der Waals surface area contributed by atoms with Gasteiger partial charge in [0, 0.05) is 31.2 Å². The number of rotatable bonds is 5. The number of carbonyl (C=O) groups is 3. The highest BCUT2D eigenvalue weighted by molar-refractivity contribution is 5.91. The first-order valence-corrected chi connectivity index (χ1v) is 10.0. The number of ether oxygens (including phenoxy) is 1. The van der Waals surface area contributed by atoms with Gasteiger partial charge in [0.2, 0.25) is 5.91 Å². The van der Waals surface area contributed by atoms with Gasteiger partial charge in [-0.1, -0.05) is 55.4 Å². The van der Waals surface area contributed by atoms with E-state index in [0.29, 0.717) is 18.9 Å². The number of nitrogens with zero attached hydrogens (tertiary/aromatic N) is 1. The lowest BCUT2D eigenvalue weighted by Gasteiger charge is -2.37. The van der Waals surface area contributed by atoms with Crippen LogP contribution in [-0.4, -0.2) is 42.3 Å². The zero-order valence-electron chi connectivity index (χ0n) is 18.5. The molecular weight excluding hydrogens is 342 g/mol. The van der Waals surface area contributed by atoms with Crippen LogP contribution in [0.5, 0.6) is 0 Å². The third-order valence-corrected chi connectivity index (χ3v) is 6.44. The highest BCUT2D eigenvalue weighted by Crippen LogP contribution is 2.65. The number of methoxy groups -OCH3 is 1. The Kier molecular flexibility index (Phi) is 5.59. The predicted octanol–water partition coefficient (Wildman–Crippen LogP) is 3.70. The lowest BCUT2D eigenvalue weighted by Crippen LogP contribution is -2.50. The van der Waals surface area contributed by atoms with Gasteiger partial charge in [-0.25, -0.2) is 4.79 Å². The molecule has 2 fully saturated rings. The quantitative estimate of drug-likeness (QED) is 0.683. The zero-order chi connectivity index (χ0) is 20.9. The molecule has 27 heavy (non-hydrogen) atoms. The Labute approximate surface area is 164 Å². The highest BCUT2D eigenvalue weighted by Gasteiger charge is 2.70. The molecule has 0 aromatic heterocycles. The summed E-state index contributed by atoms with van der Waals surface area (Å²) in [5.74, 6) is -0.260. The van der Waals surface area contributed by atoms with Crippen molar-refractivity contribution < 1.29 is 19.1 Å². The Morgan fingerprint density at radius 1 is 1.11 bits per heavy atom. The molecule has 1 saturated heterocycles. The molecular formula is C22H37NO4. The number of carbonyl (C=O) groups excluding carboxylic acids is 3. The van der Waals surface area contributed by atoms with Crippen molar-refractivity contribution in [2.45, 2.75) is 74.3 Å². The molecule has 154 valence electrons. The lowest BCUT2D eigenvalue weighted by molar-refractivity contribution is -0.156. The summed E-state index contributed by atoms with van der Waals surface area (Å²) >= 11 is 0. The summed E-state index contributed by atoms with van der Waals surface area (Å²) in [4.78, 5) is 40.2. The fourth-order valence-electron chi connectivity index (χ4n) is 4.76. The number of piperidine rings is 1. The molecule has 0 aromatic rings. The Morgan fingerprint density at radius 3 is 2.11 bits per heavy atom. The van der Waals surface area contributed by atoms with Crippen molar-refractivity contribution in [3.05, 3.63) is 0 Å². The average Bonchev–Trinajstić information content (AvgIpc) is 2.85. The van der Waals surface area contributed by atoms with E-state index in [1.165, 1.54) is 7.11 Å². The summed E-state index contributed by atoms with van der Waals surface area (Å²) in [6, 6.07) is -0.523. The lowest BCUT2D eigenvalue weighted by atomic mass is 9.75. The molecule has 0 spiro atoms. The van der Waals surface area contributed by atoms with Crippen molar-refractivity contribution in [1.82, 2.24) is 4.90 Å². The maximum absolute atomic E-state index is 13.5. The second kappa shape index (κ2) is 6.89. The van der Waals surface area contributed by atoms with Crippen LogP contribution in [0.25, 0.3) is 0 Å². The van der Waals surface area contributed by atoms with Crippen LogP contribution in [0.4, 0.5) is 0 Å². The van der Waals surface area contributed by atoms with Gasteiger partial charge in [-0.2, -0.15) is 0 Å². The number of esters is 1. The van der Waals surface area contributed by atoms with Gasteiger partial charge < -0.3 is 9.64 Å². The molecule has 1 saturated carbocycles. The third-order valence-electron chi connectivity index (χ3n) is 6.44. The van der Waals surface area contributed by atoms with Gasteiger partial charge in [-0.05, 0) is 22.2 Å².